The van der Waals surface area contributed by atoms with Crippen LogP contribution in [0.3, 0.4) is 0 Å². The molecule has 0 amide bonds. The zero-order chi connectivity index (χ0) is 4.00. The summed E-state index contributed by atoms with van der Waals surface area (Å²) in [7, 11) is 0. The van der Waals surface area contributed by atoms with Gasteiger partial charge in [0.2, 0.25) is 0 Å². The van der Waals surface area contributed by atoms with Gasteiger partial charge in [-0.25, -0.2) is 0 Å². The Morgan fingerprint density at radius 1 is 0.833 bits per heavy atom. The Bertz CT molecular complexity index is 7.51. The van der Waals surface area contributed by atoms with Crippen LogP contribution in [0.2, 0.25) is 0 Å². The molecular weight excluding hydrogens is 127 g/mol. The first-order valence-corrected chi connectivity index (χ1v) is 1.41. The molecule has 0 unspecified atom stereocenters. The minimum Gasteiger partial charge on any atom is -0.693 e. The Morgan fingerprint density at radius 3 is 0.833 bits per heavy atom. The molecule has 0 aromatic heterocycles. The second-order valence-electron chi connectivity index (χ2n) is 0. The predicted molar refractivity (Wildman–Crippen MR) is 27.3 cm³/mol. The summed E-state index contributed by atoms with van der Waals surface area (Å²) in [6.07, 6.45) is 0. The van der Waals surface area contributed by atoms with Gasteiger partial charge in [-0.15, -0.1) is 0 Å². The summed E-state index contributed by atoms with van der Waals surface area (Å²) in [5.74, 6) is 0. The van der Waals surface area contributed by atoms with Gasteiger partial charge in [-0.1, -0.05) is 0 Å². The fraction of sp³-hybridized carbons (Fsp3) is 0.500. The first-order valence-electron chi connectivity index (χ1n) is 1.41. The van der Waals surface area contributed by atoms with Crippen LogP contribution in [0.5, 0.6) is 0 Å². The smallest absolute Gasteiger partial charge is 0 e. The zero-order valence-corrected chi connectivity index (χ0v) is 7.67. The monoisotopic (exact) mass is 138 g/mol. The molecular formula is C4H12NZn-3. The van der Waals surface area contributed by atoms with Crippen molar-refractivity contribution < 1.29 is 19.5 Å². The fourth-order valence-corrected chi connectivity index (χ4v) is 0. The van der Waals surface area contributed by atoms with E-state index in [0.717, 1.165) is 0 Å². The average molecular weight is 140 g/mol. The zero-order valence-electron chi connectivity index (χ0n) is 4.70. The summed E-state index contributed by atoms with van der Waals surface area (Å²) in [6.45, 7) is 10.0. The van der Waals surface area contributed by atoms with Crippen molar-refractivity contribution in [1.82, 2.24) is 0 Å². The van der Waals surface area contributed by atoms with E-state index in [-0.39, 0.29) is 25.6 Å². The van der Waals surface area contributed by atoms with Crippen LogP contribution in [0.1, 0.15) is 13.8 Å². The minimum absolute atomic E-state index is 0. The number of hydrogen-bond donors (Lipinski definition) is 0. The first kappa shape index (κ1) is 30.8. The molecule has 0 aliphatic carbocycles. The molecule has 0 aromatic carbocycles. The van der Waals surface area contributed by atoms with E-state index in [1.807, 2.05) is 0 Å². The van der Waals surface area contributed by atoms with E-state index in [0.29, 0.717) is 0 Å². The van der Waals surface area contributed by atoms with Crippen LogP contribution in [0, 0.1) is 13.8 Å². The molecule has 0 rings (SSSR count). The summed E-state index contributed by atoms with van der Waals surface area (Å²) in [4.78, 5) is 0. The van der Waals surface area contributed by atoms with E-state index < -0.39 is 0 Å². The number of nitrogens with two attached hydrogens (primary N) is 1. The van der Waals surface area contributed by atoms with Gasteiger partial charge in [0.1, 0.15) is 0 Å². The van der Waals surface area contributed by atoms with Crippen LogP contribution < -0.4 is 0 Å². The van der Waals surface area contributed by atoms with Crippen molar-refractivity contribution in [2.75, 3.05) is 0 Å². The topological polar surface area (TPSA) is 33.5 Å². The van der Waals surface area contributed by atoms with Crippen molar-refractivity contribution in [3.8, 4) is 0 Å². The molecule has 2 heteroatoms. The van der Waals surface area contributed by atoms with Gasteiger partial charge in [0.05, 0.1) is 0 Å². The van der Waals surface area contributed by atoms with Crippen molar-refractivity contribution >= 4 is 0 Å². The van der Waals surface area contributed by atoms with E-state index in [9.17, 15) is 0 Å². The summed E-state index contributed by atoms with van der Waals surface area (Å²) in [6, 6.07) is 0. The quantitative estimate of drug-likeness (QED) is 0.365. The summed E-state index contributed by atoms with van der Waals surface area (Å²) in [5, 5.41) is 0. The van der Waals surface area contributed by atoms with Crippen molar-refractivity contribution in [3.05, 3.63) is 20.0 Å². The summed E-state index contributed by atoms with van der Waals surface area (Å²) < 4.78 is 0. The molecule has 2 N–H and O–H groups in total. The van der Waals surface area contributed by atoms with Gasteiger partial charge in [0.15, 0.2) is 0 Å². The van der Waals surface area contributed by atoms with Gasteiger partial charge in [0.25, 0.3) is 0 Å². The van der Waals surface area contributed by atoms with Gasteiger partial charge in [-0.2, -0.15) is 13.8 Å². The van der Waals surface area contributed by atoms with Gasteiger partial charge in [-0.3, -0.25) is 0 Å². The molecule has 0 radical (unpaired) electrons. The molecule has 0 atom stereocenters. The molecule has 0 aromatic rings. The molecule has 0 saturated carbocycles. The van der Waals surface area contributed by atoms with E-state index in [4.69, 9.17) is 0 Å². The largest absolute Gasteiger partial charge is 0.693 e. The molecule has 0 aliphatic rings. The normalized spacial score (nSPS) is 2.00. The Labute approximate surface area is 53.9 Å². The SMILES string of the molecule is [CH2-]C.[CH2-]C.[NH2-].[Zn]. The van der Waals surface area contributed by atoms with Gasteiger partial charge < -0.3 is 20.0 Å². The van der Waals surface area contributed by atoms with Crippen molar-refractivity contribution in [2.24, 2.45) is 0 Å². The summed E-state index contributed by atoms with van der Waals surface area (Å²) in [5.41, 5.74) is 0. The van der Waals surface area contributed by atoms with E-state index in [1.54, 1.807) is 13.8 Å². The maximum atomic E-state index is 3.25. The van der Waals surface area contributed by atoms with Crippen molar-refractivity contribution in [1.29, 1.82) is 0 Å². The van der Waals surface area contributed by atoms with Crippen LogP contribution >= 0.6 is 0 Å². The minimum atomic E-state index is 0. The van der Waals surface area contributed by atoms with Gasteiger partial charge in [0, 0.05) is 19.5 Å². The van der Waals surface area contributed by atoms with E-state index in [2.05, 4.69) is 13.8 Å². The van der Waals surface area contributed by atoms with E-state index >= 15 is 0 Å². The number of rotatable bonds is 0. The molecule has 0 bridgehead atoms. The molecule has 38 valence electrons. The maximum Gasteiger partial charge on any atom is 0 e. The third-order valence-corrected chi connectivity index (χ3v) is 0. The molecule has 0 heterocycles. The Kier molecular flexibility index (Phi) is 1770. The van der Waals surface area contributed by atoms with E-state index in [1.165, 1.54) is 0 Å². The average Bonchev–Trinajstić information content (AvgIpc) is 1.50. The van der Waals surface area contributed by atoms with Crippen molar-refractivity contribution in [2.45, 2.75) is 13.8 Å². The Balaban J connectivity index is -0.00000000500. The predicted octanol–water partition coefficient (Wildman–Crippen LogP) is 2.40. The van der Waals surface area contributed by atoms with Crippen LogP contribution in [-0.2, 0) is 19.5 Å². The van der Waals surface area contributed by atoms with Crippen LogP contribution in [0.25, 0.3) is 6.15 Å². The van der Waals surface area contributed by atoms with Gasteiger partial charge in [-0.05, 0) is 0 Å². The fourth-order valence-electron chi connectivity index (χ4n) is 0. The Hall–Kier alpha value is 0.583. The van der Waals surface area contributed by atoms with Crippen molar-refractivity contribution in [3.63, 3.8) is 0 Å². The Morgan fingerprint density at radius 2 is 0.833 bits per heavy atom. The number of hydrogen-bond acceptors (Lipinski definition) is 0. The first-order chi connectivity index (χ1) is 2.00. The van der Waals surface area contributed by atoms with Crippen LogP contribution in [-0.4, -0.2) is 0 Å². The molecule has 0 spiro atoms. The maximum absolute atomic E-state index is 3.25. The van der Waals surface area contributed by atoms with Crippen LogP contribution in [0.4, 0.5) is 0 Å². The molecule has 0 fully saturated rings. The third kappa shape index (κ3) is 173. The standard InChI is InChI=1S/2C2H5.H2N.Zn/c2*1-2;;/h2*1H2,2H3;1H2;/q3*-1;. The second-order valence-corrected chi connectivity index (χ2v) is 0. The third-order valence-electron chi connectivity index (χ3n) is 0. The molecule has 0 aliphatic heterocycles. The van der Waals surface area contributed by atoms with Gasteiger partial charge >= 0.3 is 0 Å². The molecule has 6 heavy (non-hydrogen) atoms. The molecule has 0 saturated heterocycles. The van der Waals surface area contributed by atoms with Crippen LogP contribution in [0.15, 0.2) is 0 Å². The summed E-state index contributed by atoms with van der Waals surface area (Å²) >= 11 is 0. The molecule has 1 nitrogen and oxygen atoms in total. The second kappa shape index (κ2) is 345.